The highest BCUT2D eigenvalue weighted by molar-refractivity contribution is 7.80. The largest absolute Gasteiger partial charge is 0.312 e. The quantitative estimate of drug-likeness (QED) is 0.658. The summed E-state index contributed by atoms with van der Waals surface area (Å²) in [5, 5.41) is 0. The summed E-state index contributed by atoms with van der Waals surface area (Å²) in [5.41, 5.74) is 1.54. The lowest BCUT2D eigenvalue weighted by Gasteiger charge is -2.16. The number of benzene rings is 1. The van der Waals surface area contributed by atoms with Gasteiger partial charge in [0.25, 0.3) is 0 Å². The van der Waals surface area contributed by atoms with E-state index in [0.29, 0.717) is 17.9 Å². The van der Waals surface area contributed by atoms with Gasteiger partial charge in [0.15, 0.2) is 5.78 Å². The molecule has 1 aliphatic rings. The molecule has 1 aromatic carbocycles. The van der Waals surface area contributed by atoms with Crippen molar-refractivity contribution < 1.29 is 9.59 Å². The van der Waals surface area contributed by atoms with Crippen LogP contribution in [0.5, 0.6) is 0 Å². The predicted molar refractivity (Wildman–Crippen MR) is 70.8 cm³/mol. The minimum atomic E-state index is 0.0394. The van der Waals surface area contributed by atoms with Gasteiger partial charge in [0, 0.05) is 24.2 Å². The van der Waals surface area contributed by atoms with Gasteiger partial charge in [-0.05, 0) is 42.9 Å². The SMILES string of the molecule is CC(=O)c1ccc(N2CC(CS)CC2=O)cc1. The van der Waals surface area contributed by atoms with Crippen LogP contribution in [0, 0.1) is 5.92 Å². The van der Waals surface area contributed by atoms with Gasteiger partial charge in [0.2, 0.25) is 5.91 Å². The van der Waals surface area contributed by atoms with Gasteiger partial charge in [-0.1, -0.05) is 0 Å². The molecule has 0 N–H and O–H groups in total. The Labute approximate surface area is 106 Å². The highest BCUT2D eigenvalue weighted by atomic mass is 32.1. The van der Waals surface area contributed by atoms with Crippen LogP contribution in [0.3, 0.4) is 0 Å². The predicted octanol–water partition coefficient (Wildman–Crippen LogP) is 2.17. The van der Waals surface area contributed by atoms with E-state index in [0.717, 1.165) is 18.0 Å². The van der Waals surface area contributed by atoms with Gasteiger partial charge in [-0.2, -0.15) is 12.6 Å². The summed E-state index contributed by atoms with van der Waals surface area (Å²) in [7, 11) is 0. The normalized spacial score (nSPS) is 19.8. The average molecular weight is 249 g/mol. The highest BCUT2D eigenvalue weighted by Crippen LogP contribution is 2.25. The molecule has 1 amide bonds. The molecule has 1 aliphatic heterocycles. The number of amides is 1. The number of hydrogen-bond acceptors (Lipinski definition) is 3. The van der Waals surface area contributed by atoms with Crippen molar-refractivity contribution >= 4 is 30.0 Å². The zero-order valence-electron chi connectivity index (χ0n) is 9.72. The number of nitrogens with zero attached hydrogens (tertiary/aromatic N) is 1. The number of anilines is 1. The smallest absolute Gasteiger partial charge is 0.227 e. The van der Waals surface area contributed by atoms with E-state index in [9.17, 15) is 9.59 Å². The Morgan fingerprint density at radius 3 is 2.53 bits per heavy atom. The van der Waals surface area contributed by atoms with Crippen LogP contribution in [-0.2, 0) is 4.79 Å². The summed E-state index contributed by atoms with van der Waals surface area (Å²) in [6.07, 6.45) is 0.567. The Bertz CT molecular complexity index is 441. The van der Waals surface area contributed by atoms with E-state index in [4.69, 9.17) is 0 Å². The third-order valence-electron chi connectivity index (χ3n) is 3.05. The van der Waals surface area contributed by atoms with Gasteiger partial charge in [0.1, 0.15) is 0 Å². The molecule has 0 radical (unpaired) electrons. The number of carbonyl (C=O) groups excluding carboxylic acids is 2. The van der Waals surface area contributed by atoms with Crippen molar-refractivity contribution in [3.63, 3.8) is 0 Å². The van der Waals surface area contributed by atoms with Crippen molar-refractivity contribution in [2.45, 2.75) is 13.3 Å². The third-order valence-corrected chi connectivity index (χ3v) is 3.57. The van der Waals surface area contributed by atoms with Crippen molar-refractivity contribution in [3.8, 4) is 0 Å². The highest BCUT2D eigenvalue weighted by Gasteiger charge is 2.29. The first-order valence-electron chi connectivity index (χ1n) is 5.64. The van der Waals surface area contributed by atoms with Crippen molar-refractivity contribution in [2.75, 3.05) is 17.2 Å². The molecule has 1 saturated heterocycles. The molecule has 0 spiro atoms. The molecule has 4 heteroatoms. The van der Waals surface area contributed by atoms with Gasteiger partial charge >= 0.3 is 0 Å². The van der Waals surface area contributed by atoms with E-state index in [-0.39, 0.29) is 11.7 Å². The van der Waals surface area contributed by atoms with E-state index in [1.54, 1.807) is 17.0 Å². The van der Waals surface area contributed by atoms with Crippen LogP contribution in [0.15, 0.2) is 24.3 Å². The van der Waals surface area contributed by atoms with Gasteiger partial charge in [-0.15, -0.1) is 0 Å². The molecule has 1 unspecified atom stereocenters. The molecular formula is C13H15NO2S. The van der Waals surface area contributed by atoms with Crippen molar-refractivity contribution in [1.82, 2.24) is 0 Å². The van der Waals surface area contributed by atoms with Crippen molar-refractivity contribution in [1.29, 1.82) is 0 Å². The van der Waals surface area contributed by atoms with Crippen molar-refractivity contribution in [2.24, 2.45) is 5.92 Å². The second kappa shape index (κ2) is 4.92. The van der Waals surface area contributed by atoms with Crippen LogP contribution < -0.4 is 4.90 Å². The molecule has 0 saturated carbocycles. The fourth-order valence-electron chi connectivity index (χ4n) is 2.03. The summed E-state index contributed by atoms with van der Waals surface area (Å²) >= 11 is 4.23. The third kappa shape index (κ3) is 2.52. The molecule has 90 valence electrons. The number of carbonyl (C=O) groups is 2. The lowest BCUT2D eigenvalue weighted by atomic mass is 10.1. The number of Topliss-reactive ketones (excluding diaryl/α,β-unsaturated/α-hetero) is 1. The summed E-state index contributed by atoms with van der Waals surface area (Å²) in [4.78, 5) is 24.7. The molecule has 1 aromatic rings. The molecule has 0 bridgehead atoms. The molecule has 1 fully saturated rings. The van der Waals surface area contributed by atoms with E-state index in [1.807, 2.05) is 12.1 Å². The molecule has 3 nitrogen and oxygen atoms in total. The number of rotatable bonds is 3. The number of hydrogen-bond donors (Lipinski definition) is 1. The Morgan fingerprint density at radius 2 is 2.06 bits per heavy atom. The van der Waals surface area contributed by atoms with Gasteiger partial charge in [-0.3, -0.25) is 9.59 Å². The maximum Gasteiger partial charge on any atom is 0.227 e. The molecule has 1 heterocycles. The Kier molecular flexibility index (Phi) is 3.52. The first kappa shape index (κ1) is 12.2. The topological polar surface area (TPSA) is 37.4 Å². The van der Waals surface area contributed by atoms with Gasteiger partial charge < -0.3 is 4.90 Å². The van der Waals surface area contributed by atoms with Crippen molar-refractivity contribution in [3.05, 3.63) is 29.8 Å². The zero-order chi connectivity index (χ0) is 12.4. The fraction of sp³-hybridized carbons (Fsp3) is 0.385. The van der Waals surface area contributed by atoms with E-state index >= 15 is 0 Å². The first-order chi connectivity index (χ1) is 8.11. The zero-order valence-corrected chi connectivity index (χ0v) is 10.6. The van der Waals surface area contributed by atoms with Crippen LogP contribution in [0.2, 0.25) is 0 Å². The molecular weight excluding hydrogens is 234 g/mol. The summed E-state index contributed by atoms with van der Waals surface area (Å²) in [6.45, 7) is 2.26. The van der Waals surface area contributed by atoms with Crippen LogP contribution in [0.25, 0.3) is 0 Å². The molecule has 1 atom stereocenters. The fourth-order valence-corrected chi connectivity index (χ4v) is 2.27. The van der Waals surface area contributed by atoms with Gasteiger partial charge in [0.05, 0.1) is 0 Å². The molecule has 0 aromatic heterocycles. The van der Waals surface area contributed by atoms with E-state index in [1.165, 1.54) is 6.92 Å². The second-order valence-corrected chi connectivity index (χ2v) is 4.73. The summed E-state index contributed by atoms with van der Waals surface area (Å²) in [5.74, 6) is 1.24. The maximum absolute atomic E-state index is 11.8. The van der Waals surface area contributed by atoms with E-state index in [2.05, 4.69) is 12.6 Å². The van der Waals surface area contributed by atoms with Crippen LogP contribution in [0.4, 0.5) is 5.69 Å². The monoisotopic (exact) mass is 249 g/mol. The Balaban J connectivity index is 2.18. The Hall–Kier alpha value is -1.29. The lowest BCUT2D eigenvalue weighted by molar-refractivity contribution is -0.117. The van der Waals surface area contributed by atoms with Crippen LogP contribution in [-0.4, -0.2) is 24.0 Å². The van der Waals surface area contributed by atoms with Gasteiger partial charge in [-0.25, -0.2) is 0 Å². The number of ketones is 1. The minimum Gasteiger partial charge on any atom is -0.312 e. The minimum absolute atomic E-state index is 0.0394. The Morgan fingerprint density at radius 1 is 1.41 bits per heavy atom. The first-order valence-corrected chi connectivity index (χ1v) is 6.27. The van der Waals surface area contributed by atoms with Crippen LogP contribution in [0.1, 0.15) is 23.7 Å². The summed E-state index contributed by atoms with van der Waals surface area (Å²) in [6, 6.07) is 7.18. The molecule has 2 rings (SSSR count). The molecule has 17 heavy (non-hydrogen) atoms. The lowest BCUT2D eigenvalue weighted by Crippen LogP contribution is -2.24. The van der Waals surface area contributed by atoms with E-state index < -0.39 is 0 Å². The second-order valence-electron chi connectivity index (χ2n) is 4.36. The maximum atomic E-state index is 11.8. The summed E-state index contributed by atoms with van der Waals surface area (Å²) < 4.78 is 0. The van der Waals surface area contributed by atoms with Crippen LogP contribution >= 0.6 is 12.6 Å². The molecule has 0 aliphatic carbocycles. The average Bonchev–Trinajstić information content (AvgIpc) is 2.71. The number of thiol groups is 1. The standard InChI is InChI=1S/C13H15NO2S/c1-9(15)11-2-4-12(5-3-11)14-7-10(8-17)6-13(14)16/h2-5,10,17H,6-8H2,1H3.